The van der Waals surface area contributed by atoms with E-state index in [9.17, 15) is 14.3 Å². The van der Waals surface area contributed by atoms with E-state index in [0.29, 0.717) is 22.2 Å². The monoisotopic (exact) mass is 345 g/mol. The zero-order valence-electron chi connectivity index (χ0n) is 10.7. The second kappa shape index (κ2) is 5.26. The molecule has 0 radical (unpaired) electrons. The van der Waals surface area contributed by atoms with E-state index in [1.54, 1.807) is 30.3 Å². The van der Waals surface area contributed by atoms with Crippen molar-refractivity contribution in [2.75, 3.05) is 0 Å². The van der Waals surface area contributed by atoms with Gasteiger partial charge in [0.2, 0.25) is 0 Å². The number of carbonyl (C=O) groups is 1. The van der Waals surface area contributed by atoms with Crippen molar-refractivity contribution in [3.63, 3.8) is 0 Å². The van der Waals surface area contributed by atoms with Crippen LogP contribution in [0.4, 0.5) is 4.39 Å². The highest BCUT2D eigenvalue weighted by atomic mass is 79.9. The van der Waals surface area contributed by atoms with Gasteiger partial charge in [0.05, 0.1) is 16.8 Å². The fraction of sp³-hybridized carbons (Fsp3) is 0. The molecule has 0 aliphatic rings. The molecular formula is C16H9BrFNO2. The van der Waals surface area contributed by atoms with Crippen molar-refractivity contribution < 1.29 is 14.3 Å². The normalized spacial score (nSPS) is 10.8. The molecule has 3 aromatic rings. The largest absolute Gasteiger partial charge is 0.478 e. The van der Waals surface area contributed by atoms with E-state index in [-0.39, 0.29) is 11.4 Å². The molecule has 0 bridgehead atoms. The number of aromatic carboxylic acids is 1. The van der Waals surface area contributed by atoms with Crippen LogP contribution in [0, 0.1) is 5.82 Å². The molecule has 1 heterocycles. The number of hydrogen-bond acceptors (Lipinski definition) is 2. The van der Waals surface area contributed by atoms with Gasteiger partial charge in [-0.05, 0) is 36.4 Å². The maximum absolute atomic E-state index is 13.3. The van der Waals surface area contributed by atoms with E-state index < -0.39 is 5.97 Å². The molecule has 0 spiro atoms. The smallest absolute Gasteiger partial charge is 0.336 e. The summed E-state index contributed by atoms with van der Waals surface area (Å²) in [6.45, 7) is 0. The predicted molar refractivity (Wildman–Crippen MR) is 81.8 cm³/mol. The molecule has 5 heteroatoms. The van der Waals surface area contributed by atoms with Gasteiger partial charge in [-0.1, -0.05) is 28.1 Å². The van der Waals surface area contributed by atoms with Crippen LogP contribution in [0.3, 0.4) is 0 Å². The summed E-state index contributed by atoms with van der Waals surface area (Å²) in [5.74, 6) is -1.43. The van der Waals surface area contributed by atoms with Crippen molar-refractivity contribution in [3.8, 4) is 11.3 Å². The number of hydrogen-bond donors (Lipinski definition) is 1. The van der Waals surface area contributed by atoms with Gasteiger partial charge in [0.1, 0.15) is 5.82 Å². The van der Waals surface area contributed by atoms with Crippen molar-refractivity contribution in [3.05, 3.63) is 64.4 Å². The molecule has 0 aliphatic heterocycles. The summed E-state index contributed by atoms with van der Waals surface area (Å²) in [4.78, 5) is 15.9. The van der Waals surface area contributed by atoms with E-state index in [4.69, 9.17) is 0 Å². The van der Waals surface area contributed by atoms with Crippen LogP contribution in [0.5, 0.6) is 0 Å². The van der Waals surface area contributed by atoms with Gasteiger partial charge in [-0.2, -0.15) is 0 Å². The van der Waals surface area contributed by atoms with Gasteiger partial charge in [0.25, 0.3) is 0 Å². The van der Waals surface area contributed by atoms with E-state index in [2.05, 4.69) is 20.9 Å². The molecule has 104 valence electrons. The molecule has 0 unspecified atom stereocenters. The number of carboxylic acid groups (broad SMARTS) is 1. The van der Waals surface area contributed by atoms with Crippen LogP contribution < -0.4 is 0 Å². The molecule has 0 saturated carbocycles. The molecule has 0 fully saturated rings. The highest BCUT2D eigenvalue weighted by Crippen LogP contribution is 2.27. The topological polar surface area (TPSA) is 50.2 Å². The fourth-order valence-corrected chi connectivity index (χ4v) is 2.53. The second-order valence-electron chi connectivity index (χ2n) is 4.53. The molecule has 2 aromatic carbocycles. The van der Waals surface area contributed by atoms with E-state index in [1.807, 2.05) is 0 Å². The van der Waals surface area contributed by atoms with Crippen molar-refractivity contribution in [2.24, 2.45) is 0 Å². The molecule has 21 heavy (non-hydrogen) atoms. The van der Waals surface area contributed by atoms with Crippen LogP contribution >= 0.6 is 15.9 Å². The van der Waals surface area contributed by atoms with Crippen molar-refractivity contribution in [1.82, 2.24) is 4.98 Å². The number of rotatable bonds is 2. The first kappa shape index (κ1) is 13.7. The Hall–Kier alpha value is -2.27. The summed E-state index contributed by atoms with van der Waals surface area (Å²) in [6, 6.07) is 12.6. The molecule has 0 aliphatic carbocycles. The van der Waals surface area contributed by atoms with Gasteiger partial charge in [-0.15, -0.1) is 0 Å². The van der Waals surface area contributed by atoms with Crippen LogP contribution in [-0.4, -0.2) is 16.1 Å². The molecule has 1 aromatic heterocycles. The zero-order valence-corrected chi connectivity index (χ0v) is 12.3. The number of benzene rings is 2. The van der Waals surface area contributed by atoms with Crippen molar-refractivity contribution in [1.29, 1.82) is 0 Å². The first-order valence-electron chi connectivity index (χ1n) is 6.14. The molecule has 1 N–H and O–H groups in total. The second-order valence-corrected chi connectivity index (χ2v) is 5.45. The van der Waals surface area contributed by atoms with Gasteiger partial charge in [0.15, 0.2) is 0 Å². The van der Waals surface area contributed by atoms with Crippen LogP contribution in [0.1, 0.15) is 10.4 Å². The Kier molecular flexibility index (Phi) is 3.43. The third-order valence-corrected chi connectivity index (χ3v) is 3.61. The molecule has 3 nitrogen and oxygen atoms in total. The van der Waals surface area contributed by atoms with Crippen molar-refractivity contribution >= 4 is 32.8 Å². The Bertz CT molecular complexity index is 864. The third kappa shape index (κ3) is 2.64. The summed E-state index contributed by atoms with van der Waals surface area (Å²) < 4.78 is 14.1. The molecule has 0 amide bonds. The molecule has 0 saturated heterocycles. The Morgan fingerprint density at radius 2 is 1.95 bits per heavy atom. The minimum Gasteiger partial charge on any atom is -0.478 e. The van der Waals surface area contributed by atoms with Crippen molar-refractivity contribution in [2.45, 2.75) is 0 Å². The average Bonchev–Trinajstić information content (AvgIpc) is 2.46. The average molecular weight is 346 g/mol. The predicted octanol–water partition coefficient (Wildman–Crippen LogP) is 4.50. The number of fused-ring (bicyclic) bond motifs is 1. The van der Waals surface area contributed by atoms with Crippen LogP contribution in [-0.2, 0) is 0 Å². The Morgan fingerprint density at radius 1 is 1.14 bits per heavy atom. The number of aromatic nitrogens is 1. The SMILES string of the molecule is O=C(O)c1cc(-c2cccc(F)c2)nc2ccc(Br)cc12. The lowest BCUT2D eigenvalue weighted by atomic mass is 10.0. The summed E-state index contributed by atoms with van der Waals surface area (Å²) in [5.41, 5.74) is 1.67. The number of nitrogens with zero attached hydrogens (tertiary/aromatic N) is 1. The highest BCUT2D eigenvalue weighted by molar-refractivity contribution is 9.10. The Labute approximate surface area is 128 Å². The van der Waals surface area contributed by atoms with Gasteiger partial charge < -0.3 is 5.11 Å². The molecular weight excluding hydrogens is 337 g/mol. The first-order chi connectivity index (χ1) is 10.0. The van der Waals surface area contributed by atoms with Gasteiger partial charge in [0, 0.05) is 15.4 Å². The van der Waals surface area contributed by atoms with E-state index in [0.717, 1.165) is 4.47 Å². The Balaban J connectivity index is 2.31. The van der Waals surface area contributed by atoms with Gasteiger partial charge in [-0.3, -0.25) is 0 Å². The van der Waals surface area contributed by atoms with Gasteiger partial charge in [-0.25, -0.2) is 14.2 Å². The van der Waals surface area contributed by atoms with E-state index in [1.165, 1.54) is 18.2 Å². The lowest BCUT2D eigenvalue weighted by molar-refractivity contribution is 0.0699. The maximum Gasteiger partial charge on any atom is 0.336 e. The van der Waals surface area contributed by atoms with Crippen LogP contribution in [0.2, 0.25) is 0 Å². The summed E-state index contributed by atoms with van der Waals surface area (Å²) in [6.07, 6.45) is 0. The molecule has 3 rings (SSSR count). The minimum absolute atomic E-state index is 0.139. The highest BCUT2D eigenvalue weighted by Gasteiger charge is 2.13. The third-order valence-electron chi connectivity index (χ3n) is 3.12. The van der Waals surface area contributed by atoms with Crippen LogP contribution in [0.25, 0.3) is 22.2 Å². The number of halogens is 2. The standard InChI is InChI=1S/C16H9BrFNO2/c17-10-4-5-14-12(7-10)13(16(20)21)8-15(19-14)9-2-1-3-11(18)6-9/h1-8H,(H,20,21). The van der Waals surface area contributed by atoms with Crippen LogP contribution in [0.15, 0.2) is 53.0 Å². The first-order valence-corrected chi connectivity index (χ1v) is 6.93. The lowest BCUT2D eigenvalue weighted by Crippen LogP contribution is -2.00. The summed E-state index contributed by atoms with van der Waals surface area (Å²) in [5, 5.41) is 9.92. The lowest BCUT2D eigenvalue weighted by Gasteiger charge is -2.07. The minimum atomic E-state index is -1.04. The quantitative estimate of drug-likeness (QED) is 0.743. The summed E-state index contributed by atoms with van der Waals surface area (Å²) >= 11 is 3.32. The maximum atomic E-state index is 13.3. The molecule has 0 atom stereocenters. The summed E-state index contributed by atoms with van der Waals surface area (Å²) in [7, 11) is 0. The van der Waals surface area contributed by atoms with Gasteiger partial charge >= 0.3 is 5.97 Å². The number of carboxylic acids is 1. The number of pyridine rings is 1. The zero-order chi connectivity index (χ0) is 15.0. The fourth-order valence-electron chi connectivity index (χ4n) is 2.17. The van der Waals surface area contributed by atoms with E-state index >= 15 is 0 Å². The Morgan fingerprint density at radius 3 is 2.67 bits per heavy atom.